The Morgan fingerprint density at radius 1 is 0.833 bits per heavy atom. The monoisotopic (exact) mass is 236 g/mol. The molecule has 18 heavy (non-hydrogen) atoms. The van der Waals surface area contributed by atoms with Crippen molar-refractivity contribution >= 4 is 16.6 Å². The first kappa shape index (κ1) is 10.9. The smallest absolute Gasteiger partial charge is 0.0528 e. The number of aromatic nitrogens is 1. The molecule has 2 nitrogen and oxygen atoms in total. The molecule has 0 atom stereocenters. The summed E-state index contributed by atoms with van der Waals surface area (Å²) in [5, 5.41) is 1.27. The van der Waals surface area contributed by atoms with Gasteiger partial charge in [-0.3, -0.25) is 0 Å². The van der Waals surface area contributed by atoms with Crippen LogP contribution in [0.3, 0.4) is 0 Å². The van der Waals surface area contributed by atoms with E-state index in [4.69, 9.17) is 0 Å². The predicted molar refractivity (Wildman–Crippen MR) is 77.6 cm³/mol. The van der Waals surface area contributed by atoms with E-state index in [2.05, 4.69) is 84.4 Å². The number of fused-ring (bicyclic) bond motifs is 1. The lowest BCUT2D eigenvalue weighted by Gasteiger charge is -2.13. The summed E-state index contributed by atoms with van der Waals surface area (Å²) < 4.78 is 2.22. The fourth-order valence-electron chi connectivity index (χ4n) is 2.22. The highest BCUT2D eigenvalue weighted by molar-refractivity contribution is 5.81. The van der Waals surface area contributed by atoms with Crippen molar-refractivity contribution in [2.24, 2.45) is 0 Å². The first-order valence-corrected chi connectivity index (χ1v) is 6.09. The van der Waals surface area contributed by atoms with Gasteiger partial charge in [0.15, 0.2) is 0 Å². The van der Waals surface area contributed by atoms with Crippen LogP contribution in [0.1, 0.15) is 0 Å². The molecular formula is C16H16N2. The number of benzene rings is 2. The second-order valence-electron chi connectivity index (χ2n) is 4.66. The average molecular weight is 236 g/mol. The van der Waals surface area contributed by atoms with E-state index in [1.807, 2.05) is 0 Å². The van der Waals surface area contributed by atoms with Gasteiger partial charge in [0.05, 0.1) is 5.52 Å². The Hall–Kier alpha value is -2.22. The van der Waals surface area contributed by atoms with E-state index in [1.165, 1.54) is 22.3 Å². The highest BCUT2D eigenvalue weighted by Crippen LogP contribution is 2.21. The van der Waals surface area contributed by atoms with Gasteiger partial charge in [-0.1, -0.05) is 18.2 Å². The number of anilines is 1. The van der Waals surface area contributed by atoms with E-state index in [0.717, 1.165) is 0 Å². The average Bonchev–Trinajstić information content (AvgIpc) is 2.82. The molecule has 0 bridgehead atoms. The van der Waals surface area contributed by atoms with Crippen molar-refractivity contribution in [3.8, 4) is 5.69 Å². The Kier molecular flexibility index (Phi) is 2.56. The summed E-state index contributed by atoms with van der Waals surface area (Å²) in [6, 6.07) is 19.2. The predicted octanol–water partition coefficient (Wildman–Crippen LogP) is 3.70. The molecule has 0 aliphatic carbocycles. The summed E-state index contributed by atoms with van der Waals surface area (Å²) in [6.07, 6.45) is 2.12. The number of rotatable bonds is 2. The van der Waals surface area contributed by atoms with Gasteiger partial charge in [0.1, 0.15) is 0 Å². The van der Waals surface area contributed by atoms with Crippen LogP contribution in [0, 0.1) is 0 Å². The second-order valence-corrected chi connectivity index (χ2v) is 4.66. The summed E-state index contributed by atoms with van der Waals surface area (Å²) in [7, 11) is 4.11. The minimum atomic E-state index is 1.20. The third kappa shape index (κ3) is 1.76. The summed E-state index contributed by atoms with van der Waals surface area (Å²) in [6.45, 7) is 0. The number of hydrogen-bond acceptors (Lipinski definition) is 1. The van der Waals surface area contributed by atoms with Crippen LogP contribution < -0.4 is 4.90 Å². The maximum Gasteiger partial charge on any atom is 0.0528 e. The highest BCUT2D eigenvalue weighted by Gasteiger charge is 2.02. The minimum absolute atomic E-state index is 1.20. The third-order valence-electron chi connectivity index (χ3n) is 3.24. The Morgan fingerprint density at radius 2 is 1.56 bits per heavy atom. The zero-order valence-electron chi connectivity index (χ0n) is 10.7. The second kappa shape index (κ2) is 4.22. The van der Waals surface area contributed by atoms with Crippen LogP contribution in [0.2, 0.25) is 0 Å². The minimum Gasteiger partial charge on any atom is -0.378 e. The topological polar surface area (TPSA) is 8.17 Å². The molecule has 90 valence electrons. The summed E-state index contributed by atoms with van der Waals surface area (Å²) in [4.78, 5) is 2.11. The van der Waals surface area contributed by atoms with Crippen molar-refractivity contribution in [2.45, 2.75) is 0 Å². The van der Waals surface area contributed by atoms with Crippen molar-refractivity contribution in [1.82, 2.24) is 4.57 Å². The van der Waals surface area contributed by atoms with Crippen molar-refractivity contribution in [3.05, 3.63) is 60.8 Å². The van der Waals surface area contributed by atoms with Crippen LogP contribution in [0.5, 0.6) is 0 Å². The fourth-order valence-corrected chi connectivity index (χ4v) is 2.22. The molecule has 1 aromatic heterocycles. The van der Waals surface area contributed by atoms with Crippen LogP contribution in [0.25, 0.3) is 16.6 Å². The van der Waals surface area contributed by atoms with Crippen molar-refractivity contribution in [1.29, 1.82) is 0 Å². The standard InChI is InChI=1S/C16H16N2/c1-17(2)14-7-9-15(10-8-14)18-12-11-13-5-3-4-6-16(13)18/h3-12H,1-2H3. The Balaban J connectivity index is 2.09. The van der Waals surface area contributed by atoms with Crippen LogP contribution in [0.15, 0.2) is 60.8 Å². The van der Waals surface area contributed by atoms with Crippen molar-refractivity contribution < 1.29 is 0 Å². The maximum atomic E-state index is 2.22. The molecule has 0 aliphatic heterocycles. The lowest BCUT2D eigenvalue weighted by Crippen LogP contribution is -2.08. The summed E-state index contributed by atoms with van der Waals surface area (Å²) >= 11 is 0. The molecule has 3 aromatic rings. The van der Waals surface area contributed by atoms with Gasteiger partial charge in [-0.2, -0.15) is 0 Å². The van der Waals surface area contributed by atoms with Gasteiger partial charge in [0.25, 0.3) is 0 Å². The fraction of sp³-hybridized carbons (Fsp3) is 0.125. The SMILES string of the molecule is CN(C)c1ccc(-n2ccc3ccccc32)cc1. The van der Waals surface area contributed by atoms with E-state index in [-0.39, 0.29) is 0 Å². The summed E-state index contributed by atoms with van der Waals surface area (Å²) in [5.41, 5.74) is 3.66. The molecule has 0 saturated carbocycles. The molecule has 2 heteroatoms. The van der Waals surface area contributed by atoms with Gasteiger partial charge in [0.2, 0.25) is 0 Å². The van der Waals surface area contributed by atoms with E-state index < -0.39 is 0 Å². The zero-order chi connectivity index (χ0) is 12.5. The normalized spacial score (nSPS) is 10.8. The van der Waals surface area contributed by atoms with Gasteiger partial charge in [-0.05, 0) is 41.8 Å². The number of para-hydroxylation sites is 1. The molecule has 3 rings (SSSR count). The molecule has 0 aliphatic rings. The number of hydrogen-bond donors (Lipinski definition) is 0. The highest BCUT2D eigenvalue weighted by atomic mass is 15.1. The molecule has 0 unspecified atom stereocenters. The Labute approximate surface area is 107 Å². The van der Waals surface area contributed by atoms with Crippen molar-refractivity contribution in [2.75, 3.05) is 19.0 Å². The van der Waals surface area contributed by atoms with Crippen LogP contribution in [-0.4, -0.2) is 18.7 Å². The van der Waals surface area contributed by atoms with Gasteiger partial charge < -0.3 is 9.47 Å². The first-order valence-electron chi connectivity index (χ1n) is 6.09. The van der Waals surface area contributed by atoms with E-state index >= 15 is 0 Å². The van der Waals surface area contributed by atoms with E-state index in [9.17, 15) is 0 Å². The molecule has 0 N–H and O–H groups in total. The molecule has 0 saturated heterocycles. The molecule has 0 spiro atoms. The maximum absolute atomic E-state index is 2.22. The molecule has 1 heterocycles. The van der Waals surface area contributed by atoms with Gasteiger partial charge in [-0.25, -0.2) is 0 Å². The molecule has 0 fully saturated rings. The third-order valence-corrected chi connectivity index (χ3v) is 3.24. The lowest BCUT2D eigenvalue weighted by molar-refractivity contribution is 1.10. The van der Waals surface area contributed by atoms with Gasteiger partial charge in [-0.15, -0.1) is 0 Å². The Bertz CT molecular complexity index is 663. The van der Waals surface area contributed by atoms with E-state index in [0.29, 0.717) is 0 Å². The van der Waals surface area contributed by atoms with E-state index in [1.54, 1.807) is 0 Å². The van der Waals surface area contributed by atoms with Gasteiger partial charge in [0, 0.05) is 31.7 Å². The molecule has 0 radical (unpaired) electrons. The van der Waals surface area contributed by atoms with Crippen molar-refractivity contribution in [3.63, 3.8) is 0 Å². The number of nitrogens with zero attached hydrogens (tertiary/aromatic N) is 2. The summed E-state index contributed by atoms with van der Waals surface area (Å²) in [5.74, 6) is 0. The van der Waals surface area contributed by atoms with Crippen LogP contribution in [0.4, 0.5) is 5.69 Å². The lowest BCUT2D eigenvalue weighted by atomic mass is 10.2. The molecule has 2 aromatic carbocycles. The Morgan fingerprint density at radius 3 is 2.28 bits per heavy atom. The first-order chi connectivity index (χ1) is 8.75. The molecular weight excluding hydrogens is 220 g/mol. The zero-order valence-corrected chi connectivity index (χ0v) is 10.7. The molecule has 0 amide bonds. The van der Waals surface area contributed by atoms with Crippen LogP contribution in [-0.2, 0) is 0 Å². The quantitative estimate of drug-likeness (QED) is 0.658. The van der Waals surface area contributed by atoms with Crippen LogP contribution >= 0.6 is 0 Å². The van der Waals surface area contributed by atoms with Gasteiger partial charge >= 0.3 is 0 Å². The largest absolute Gasteiger partial charge is 0.378 e.